The van der Waals surface area contributed by atoms with Crippen LogP contribution in [0, 0.1) is 0 Å². The lowest BCUT2D eigenvalue weighted by atomic mass is 9.90. The Morgan fingerprint density at radius 1 is 0.383 bits per heavy atom. The molecule has 0 amide bonds. The molecule has 8 aromatic carbocycles. The third-order valence-electron chi connectivity index (χ3n) is 9.46. The highest BCUT2D eigenvalue weighted by molar-refractivity contribution is 6.34. The molecule has 0 atom stereocenters. The van der Waals surface area contributed by atoms with Crippen LogP contribution in [-0.4, -0.2) is 9.97 Å². The topological polar surface area (TPSA) is 38.9 Å². The Morgan fingerprint density at radius 3 is 1.74 bits per heavy atom. The lowest BCUT2D eigenvalue weighted by molar-refractivity contribution is 0.673. The SMILES string of the molecule is c1ccc(-c2ccccc2-c2nc(-c3cc4c5ccccc5c5ccccc5c4c4oc5ccccc5c34)nc3ccccc23)cc1. The summed E-state index contributed by atoms with van der Waals surface area (Å²) in [5.41, 5.74) is 7.85. The van der Waals surface area contributed by atoms with E-state index in [9.17, 15) is 0 Å². The van der Waals surface area contributed by atoms with Crippen LogP contribution < -0.4 is 0 Å². The summed E-state index contributed by atoms with van der Waals surface area (Å²) in [6.45, 7) is 0. The molecule has 0 aliphatic heterocycles. The van der Waals surface area contributed by atoms with Crippen LogP contribution in [0.2, 0.25) is 0 Å². The van der Waals surface area contributed by atoms with Gasteiger partial charge in [-0.15, -0.1) is 0 Å². The van der Waals surface area contributed by atoms with Crippen molar-refractivity contribution in [1.82, 2.24) is 9.97 Å². The lowest BCUT2D eigenvalue weighted by Crippen LogP contribution is -1.97. The molecule has 47 heavy (non-hydrogen) atoms. The summed E-state index contributed by atoms with van der Waals surface area (Å²) in [6.07, 6.45) is 0. The molecule has 3 heteroatoms. The first-order valence-electron chi connectivity index (χ1n) is 15.9. The monoisotopic (exact) mass is 598 g/mol. The largest absolute Gasteiger partial charge is 0.455 e. The zero-order valence-corrected chi connectivity index (χ0v) is 25.3. The molecule has 10 rings (SSSR count). The molecule has 218 valence electrons. The van der Waals surface area contributed by atoms with E-state index in [-0.39, 0.29) is 0 Å². The summed E-state index contributed by atoms with van der Waals surface area (Å²) >= 11 is 0. The van der Waals surface area contributed by atoms with Gasteiger partial charge in [-0.25, -0.2) is 9.97 Å². The predicted molar refractivity (Wildman–Crippen MR) is 196 cm³/mol. The second kappa shape index (κ2) is 10.1. The van der Waals surface area contributed by atoms with Gasteiger partial charge in [-0.05, 0) is 56.3 Å². The van der Waals surface area contributed by atoms with Gasteiger partial charge in [0.1, 0.15) is 11.2 Å². The maximum atomic E-state index is 6.81. The summed E-state index contributed by atoms with van der Waals surface area (Å²) in [6, 6.07) is 55.3. The summed E-state index contributed by atoms with van der Waals surface area (Å²) in [7, 11) is 0. The number of nitrogens with zero attached hydrogens (tertiary/aromatic N) is 2. The van der Waals surface area contributed by atoms with Crippen LogP contribution in [0.5, 0.6) is 0 Å². The highest BCUT2D eigenvalue weighted by Crippen LogP contribution is 2.46. The molecule has 2 aromatic heterocycles. The van der Waals surface area contributed by atoms with Crippen LogP contribution in [0.3, 0.4) is 0 Å². The molecule has 10 aromatic rings. The van der Waals surface area contributed by atoms with Crippen molar-refractivity contribution in [2.45, 2.75) is 0 Å². The standard InChI is InChI=1S/C44H26N2O/c1-2-14-27(15-3-1)28-16-4-9-21-33(28)42-34-22-10-12-24-38(34)45-44(46-42)37-26-36-31-19-6-5-17-29(31)30-18-7-8-20-32(30)40(36)43-41(37)35-23-11-13-25-39(35)47-43/h1-26H. The summed E-state index contributed by atoms with van der Waals surface area (Å²) in [4.78, 5) is 10.7. The molecule has 0 N–H and O–H groups in total. The second-order valence-corrected chi connectivity index (χ2v) is 12.1. The number of furan rings is 1. The molecule has 0 saturated carbocycles. The van der Waals surface area contributed by atoms with Crippen molar-refractivity contribution in [1.29, 1.82) is 0 Å². The highest BCUT2D eigenvalue weighted by Gasteiger charge is 2.23. The molecule has 0 aliphatic rings. The van der Waals surface area contributed by atoms with Gasteiger partial charge < -0.3 is 4.42 Å². The fraction of sp³-hybridized carbons (Fsp3) is 0. The van der Waals surface area contributed by atoms with Gasteiger partial charge in [-0.2, -0.15) is 0 Å². The van der Waals surface area contributed by atoms with E-state index in [1.165, 1.54) is 21.5 Å². The third-order valence-corrected chi connectivity index (χ3v) is 9.46. The van der Waals surface area contributed by atoms with E-state index in [1.807, 2.05) is 6.07 Å². The Balaban J connectivity index is 1.38. The Hall–Kier alpha value is -6.32. The Morgan fingerprint density at radius 2 is 0.957 bits per heavy atom. The Labute approximate surface area is 270 Å². The Bertz CT molecular complexity index is 2850. The van der Waals surface area contributed by atoms with E-state index in [2.05, 4.69) is 152 Å². The molecule has 0 bridgehead atoms. The highest BCUT2D eigenvalue weighted by atomic mass is 16.3. The third kappa shape index (κ3) is 3.87. The number of fused-ring (bicyclic) bond motifs is 11. The van der Waals surface area contributed by atoms with Crippen molar-refractivity contribution in [3.05, 3.63) is 158 Å². The van der Waals surface area contributed by atoms with E-state index in [1.54, 1.807) is 0 Å². The van der Waals surface area contributed by atoms with Gasteiger partial charge in [-0.3, -0.25) is 0 Å². The summed E-state index contributed by atoms with van der Waals surface area (Å²) in [5.74, 6) is 0.678. The molecule has 0 saturated heterocycles. The normalized spacial score (nSPS) is 11.8. The predicted octanol–water partition coefficient (Wildman–Crippen LogP) is 12.0. The first kappa shape index (κ1) is 26.0. The molecular formula is C44H26N2O. The van der Waals surface area contributed by atoms with Gasteiger partial charge in [0.15, 0.2) is 5.82 Å². The molecule has 0 unspecified atom stereocenters. The smallest absolute Gasteiger partial charge is 0.161 e. The first-order chi connectivity index (χ1) is 23.3. The average molecular weight is 599 g/mol. The van der Waals surface area contributed by atoms with Crippen molar-refractivity contribution in [2.75, 3.05) is 0 Å². The van der Waals surface area contributed by atoms with Crippen LogP contribution in [0.4, 0.5) is 0 Å². The molecule has 0 fully saturated rings. The summed E-state index contributed by atoms with van der Waals surface area (Å²) < 4.78 is 6.81. The minimum absolute atomic E-state index is 0.678. The molecule has 0 radical (unpaired) electrons. The minimum Gasteiger partial charge on any atom is -0.455 e. The zero-order valence-electron chi connectivity index (χ0n) is 25.3. The number of para-hydroxylation sites is 2. The molecule has 2 heterocycles. The maximum Gasteiger partial charge on any atom is 0.161 e. The number of hydrogen-bond acceptors (Lipinski definition) is 3. The first-order valence-corrected chi connectivity index (χ1v) is 15.9. The van der Waals surface area contributed by atoms with Crippen LogP contribution in [0.1, 0.15) is 0 Å². The van der Waals surface area contributed by atoms with Crippen molar-refractivity contribution in [3.63, 3.8) is 0 Å². The fourth-order valence-electron chi connectivity index (χ4n) is 7.41. The van der Waals surface area contributed by atoms with Gasteiger partial charge in [0.2, 0.25) is 0 Å². The zero-order chi connectivity index (χ0) is 30.9. The van der Waals surface area contributed by atoms with Gasteiger partial charge in [0.05, 0.1) is 11.2 Å². The number of benzene rings is 8. The van der Waals surface area contributed by atoms with Gasteiger partial charge in [-0.1, -0.05) is 140 Å². The van der Waals surface area contributed by atoms with Crippen molar-refractivity contribution < 1.29 is 4.42 Å². The minimum atomic E-state index is 0.678. The fourth-order valence-corrected chi connectivity index (χ4v) is 7.41. The van der Waals surface area contributed by atoms with E-state index < -0.39 is 0 Å². The van der Waals surface area contributed by atoms with E-state index in [0.29, 0.717) is 5.82 Å². The van der Waals surface area contributed by atoms with Gasteiger partial charge in [0.25, 0.3) is 0 Å². The van der Waals surface area contributed by atoms with Crippen LogP contribution in [0.15, 0.2) is 162 Å². The molecule has 0 aliphatic carbocycles. The van der Waals surface area contributed by atoms with Crippen LogP contribution >= 0.6 is 0 Å². The lowest BCUT2D eigenvalue weighted by Gasteiger charge is -2.15. The Kier molecular flexibility index (Phi) is 5.57. The van der Waals surface area contributed by atoms with Gasteiger partial charge >= 0.3 is 0 Å². The van der Waals surface area contributed by atoms with Gasteiger partial charge in [0, 0.05) is 32.7 Å². The average Bonchev–Trinajstić information content (AvgIpc) is 3.54. The van der Waals surface area contributed by atoms with E-state index >= 15 is 0 Å². The van der Waals surface area contributed by atoms with E-state index in [0.717, 1.165) is 71.6 Å². The quantitative estimate of drug-likeness (QED) is 0.190. The molecule has 3 nitrogen and oxygen atoms in total. The van der Waals surface area contributed by atoms with Crippen molar-refractivity contribution in [3.8, 4) is 33.8 Å². The van der Waals surface area contributed by atoms with Crippen LogP contribution in [-0.2, 0) is 0 Å². The maximum absolute atomic E-state index is 6.81. The van der Waals surface area contributed by atoms with E-state index in [4.69, 9.17) is 14.4 Å². The second-order valence-electron chi connectivity index (χ2n) is 12.1. The van der Waals surface area contributed by atoms with Crippen molar-refractivity contribution >= 4 is 65.2 Å². The molecular weight excluding hydrogens is 572 g/mol. The summed E-state index contributed by atoms with van der Waals surface area (Å²) in [5, 5.41) is 10.1. The molecule has 0 spiro atoms. The van der Waals surface area contributed by atoms with Crippen molar-refractivity contribution in [2.24, 2.45) is 0 Å². The number of aromatic nitrogens is 2. The number of hydrogen-bond donors (Lipinski definition) is 0. The van der Waals surface area contributed by atoms with Crippen LogP contribution in [0.25, 0.3) is 98.9 Å². The number of rotatable bonds is 3.